The number of nitriles is 1. The third-order valence-corrected chi connectivity index (χ3v) is 3.62. The third kappa shape index (κ3) is 3.06. The summed E-state index contributed by atoms with van der Waals surface area (Å²) in [5, 5.41) is 7.16. The van der Waals surface area contributed by atoms with Crippen LogP contribution in [-0.4, -0.2) is 23.5 Å². The lowest BCUT2D eigenvalue weighted by Crippen LogP contribution is -2.18. The number of pyridine rings is 1. The smallest absolute Gasteiger partial charge is 0.133 e. The SMILES string of the molecule is C#N.CN1CCCC1c1cc(I)cnc1Cl. The van der Waals surface area contributed by atoms with Crippen molar-refractivity contribution in [1.82, 2.24) is 9.88 Å². The lowest BCUT2D eigenvalue weighted by atomic mass is 10.1. The van der Waals surface area contributed by atoms with E-state index in [2.05, 4.69) is 52.2 Å². The summed E-state index contributed by atoms with van der Waals surface area (Å²) in [6.45, 7) is 4.66. The second-order valence-electron chi connectivity index (χ2n) is 3.67. The highest BCUT2D eigenvalue weighted by Gasteiger charge is 2.24. The van der Waals surface area contributed by atoms with Crippen molar-refractivity contribution < 1.29 is 0 Å². The van der Waals surface area contributed by atoms with E-state index in [0.717, 1.165) is 10.1 Å². The summed E-state index contributed by atoms with van der Waals surface area (Å²) in [6, 6.07) is 2.60. The third-order valence-electron chi connectivity index (χ3n) is 2.71. The van der Waals surface area contributed by atoms with Gasteiger partial charge in [-0.05, 0) is 55.1 Å². The molecule has 0 spiro atoms. The van der Waals surface area contributed by atoms with Crippen LogP contribution in [0.4, 0.5) is 0 Å². The molecule has 1 fully saturated rings. The topological polar surface area (TPSA) is 39.9 Å². The lowest BCUT2D eigenvalue weighted by molar-refractivity contribution is 0.317. The summed E-state index contributed by atoms with van der Waals surface area (Å²) in [7, 11) is 2.15. The van der Waals surface area contributed by atoms with Crippen molar-refractivity contribution in [2.24, 2.45) is 0 Å². The Labute approximate surface area is 115 Å². The molecule has 0 aliphatic carbocycles. The second-order valence-corrected chi connectivity index (χ2v) is 5.28. The summed E-state index contributed by atoms with van der Waals surface area (Å²) in [5.74, 6) is 0. The number of hydrogen-bond acceptors (Lipinski definition) is 3. The summed E-state index contributed by atoms with van der Waals surface area (Å²) >= 11 is 8.38. The highest BCUT2D eigenvalue weighted by Crippen LogP contribution is 2.34. The van der Waals surface area contributed by atoms with Crippen molar-refractivity contribution in [3.8, 4) is 6.57 Å². The monoisotopic (exact) mass is 349 g/mol. The van der Waals surface area contributed by atoms with Crippen molar-refractivity contribution in [2.45, 2.75) is 18.9 Å². The molecule has 1 aromatic heterocycles. The molecule has 0 bridgehead atoms. The van der Waals surface area contributed by atoms with Crippen molar-refractivity contribution >= 4 is 34.2 Å². The molecule has 1 atom stereocenters. The summed E-state index contributed by atoms with van der Waals surface area (Å²) in [4.78, 5) is 6.54. The highest BCUT2D eigenvalue weighted by atomic mass is 127. The number of aromatic nitrogens is 1. The minimum Gasteiger partial charge on any atom is -0.299 e. The van der Waals surface area contributed by atoms with Gasteiger partial charge in [0.15, 0.2) is 0 Å². The highest BCUT2D eigenvalue weighted by molar-refractivity contribution is 14.1. The summed E-state index contributed by atoms with van der Waals surface area (Å²) in [5.41, 5.74) is 1.18. The lowest BCUT2D eigenvalue weighted by Gasteiger charge is -2.20. The van der Waals surface area contributed by atoms with Gasteiger partial charge in [-0.3, -0.25) is 4.90 Å². The van der Waals surface area contributed by atoms with Gasteiger partial charge in [-0.25, -0.2) is 10.2 Å². The fourth-order valence-corrected chi connectivity index (χ4v) is 2.68. The molecule has 2 rings (SSSR count). The molecule has 0 amide bonds. The number of halogens is 2. The molecule has 0 N–H and O–H groups in total. The fourth-order valence-electron chi connectivity index (χ4n) is 1.98. The van der Waals surface area contributed by atoms with Crippen LogP contribution in [-0.2, 0) is 0 Å². The van der Waals surface area contributed by atoms with Gasteiger partial charge >= 0.3 is 0 Å². The van der Waals surface area contributed by atoms with Gasteiger partial charge in [0, 0.05) is 27.9 Å². The van der Waals surface area contributed by atoms with E-state index in [4.69, 9.17) is 16.9 Å². The van der Waals surface area contributed by atoms with Crippen molar-refractivity contribution in [3.63, 3.8) is 0 Å². The zero-order chi connectivity index (χ0) is 12.1. The maximum absolute atomic E-state index is 6.50. The molecule has 86 valence electrons. The quantitative estimate of drug-likeness (QED) is 0.577. The molecule has 1 aliphatic rings. The first-order valence-electron chi connectivity index (χ1n) is 4.95. The van der Waals surface area contributed by atoms with Gasteiger partial charge in [-0.2, -0.15) is 0 Å². The Balaban J connectivity index is 0.000000606. The van der Waals surface area contributed by atoms with Crippen LogP contribution in [0.5, 0.6) is 0 Å². The van der Waals surface area contributed by atoms with Crippen LogP contribution < -0.4 is 0 Å². The van der Waals surface area contributed by atoms with E-state index in [-0.39, 0.29) is 0 Å². The standard InChI is InChI=1S/C10H12ClIN2.CHN/c1-14-4-2-3-9(14)8-5-7(12)6-13-10(8)11;1-2/h5-6,9H,2-4H2,1H3;1H. The van der Waals surface area contributed by atoms with Crippen LogP contribution in [0.3, 0.4) is 0 Å². The molecule has 0 aromatic carbocycles. The Bertz CT molecular complexity index is 381. The molecule has 1 saturated heterocycles. The van der Waals surface area contributed by atoms with E-state index >= 15 is 0 Å². The molecule has 5 heteroatoms. The van der Waals surface area contributed by atoms with E-state index in [9.17, 15) is 0 Å². The van der Waals surface area contributed by atoms with Gasteiger partial charge in [0.1, 0.15) is 5.15 Å². The predicted octanol–water partition coefficient (Wildman–Crippen LogP) is 3.25. The van der Waals surface area contributed by atoms with Crippen LogP contribution in [0.25, 0.3) is 0 Å². The number of rotatable bonds is 1. The van der Waals surface area contributed by atoms with Crippen molar-refractivity contribution in [2.75, 3.05) is 13.6 Å². The molecule has 1 aromatic rings. The fraction of sp³-hybridized carbons (Fsp3) is 0.455. The Morgan fingerprint density at radius 1 is 1.62 bits per heavy atom. The summed E-state index contributed by atoms with van der Waals surface area (Å²) in [6.07, 6.45) is 4.25. The first-order chi connectivity index (χ1) is 7.68. The maximum atomic E-state index is 6.50. The van der Waals surface area contributed by atoms with Gasteiger partial charge < -0.3 is 0 Å². The molecular formula is C11H13ClIN3. The molecule has 1 unspecified atom stereocenters. The van der Waals surface area contributed by atoms with Gasteiger partial charge in [0.2, 0.25) is 0 Å². The average molecular weight is 350 g/mol. The minimum absolute atomic E-state index is 0.463. The van der Waals surface area contributed by atoms with Crippen LogP contribution in [0.15, 0.2) is 12.3 Å². The summed E-state index contributed by atoms with van der Waals surface area (Å²) < 4.78 is 1.15. The number of likely N-dealkylation sites (tertiary alicyclic amines) is 1. The molecule has 0 saturated carbocycles. The molecule has 2 heterocycles. The first kappa shape index (κ1) is 13.7. The minimum atomic E-state index is 0.463. The number of nitrogens with zero attached hydrogens (tertiary/aromatic N) is 3. The van der Waals surface area contributed by atoms with Crippen molar-refractivity contribution in [3.05, 3.63) is 26.5 Å². The van der Waals surface area contributed by atoms with Gasteiger partial charge in [-0.1, -0.05) is 11.6 Å². The Morgan fingerprint density at radius 3 is 2.88 bits per heavy atom. The first-order valence-corrected chi connectivity index (χ1v) is 6.41. The van der Waals surface area contributed by atoms with Crippen LogP contribution in [0.1, 0.15) is 24.4 Å². The second kappa shape index (κ2) is 6.38. The van der Waals surface area contributed by atoms with Gasteiger partial charge in [0.25, 0.3) is 0 Å². The predicted molar refractivity (Wildman–Crippen MR) is 73.2 cm³/mol. The average Bonchev–Trinajstić information content (AvgIpc) is 2.71. The van der Waals surface area contributed by atoms with Crippen LogP contribution in [0, 0.1) is 15.4 Å². The van der Waals surface area contributed by atoms with E-state index in [1.165, 1.54) is 18.4 Å². The van der Waals surface area contributed by atoms with E-state index < -0.39 is 0 Å². The van der Waals surface area contributed by atoms with Crippen molar-refractivity contribution in [1.29, 1.82) is 5.26 Å². The van der Waals surface area contributed by atoms with Gasteiger partial charge in [0.05, 0.1) is 0 Å². The van der Waals surface area contributed by atoms with E-state index in [1.807, 2.05) is 0 Å². The van der Waals surface area contributed by atoms with Crippen LogP contribution >= 0.6 is 34.2 Å². The zero-order valence-corrected chi connectivity index (χ0v) is 11.9. The molecule has 0 radical (unpaired) electrons. The maximum Gasteiger partial charge on any atom is 0.133 e. The van der Waals surface area contributed by atoms with E-state index in [1.54, 1.807) is 6.20 Å². The Kier molecular flexibility index (Phi) is 5.46. The largest absolute Gasteiger partial charge is 0.299 e. The number of hydrogen-bond donors (Lipinski definition) is 0. The van der Waals surface area contributed by atoms with Gasteiger partial charge in [-0.15, -0.1) is 0 Å². The normalized spacial score (nSPS) is 20.2. The van der Waals surface area contributed by atoms with Crippen LogP contribution in [0.2, 0.25) is 5.15 Å². The zero-order valence-electron chi connectivity index (χ0n) is 9.03. The molecule has 16 heavy (non-hydrogen) atoms. The molecule has 1 aliphatic heterocycles. The molecular weight excluding hydrogens is 336 g/mol. The Morgan fingerprint density at radius 2 is 2.31 bits per heavy atom. The Hall–Kier alpha value is -0.380. The van der Waals surface area contributed by atoms with E-state index in [0.29, 0.717) is 11.2 Å². The molecule has 3 nitrogen and oxygen atoms in total.